The number of hydrogen-bond donors (Lipinski definition) is 1. The van der Waals surface area contributed by atoms with Crippen molar-refractivity contribution in [3.63, 3.8) is 0 Å². The first-order valence-corrected chi connectivity index (χ1v) is 5.35. The van der Waals surface area contributed by atoms with Gasteiger partial charge in [0.05, 0.1) is 23.8 Å². The average Bonchev–Trinajstić information content (AvgIpc) is 2.22. The summed E-state index contributed by atoms with van der Waals surface area (Å²) in [4.78, 5) is 0. The molecular weight excluding hydrogens is 200 g/mol. The molecule has 0 atom stereocenters. The third-order valence-electron chi connectivity index (χ3n) is 2.52. The van der Waals surface area contributed by atoms with Crippen LogP contribution in [0.3, 0.4) is 0 Å². The summed E-state index contributed by atoms with van der Waals surface area (Å²) in [5.74, 6) is 0.733. The van der Waals surface area contributed by atoms with Crippen LogP contribution >= 0.6 is 0 Å². The summed E-state index contributed by atoms with van der Waals surface area (Å²) >= 11 is 0. The standard InChI is InChI=1S/C13H18N2O/c1-10-5-4-6-11(15)12(10)16-8-7-13(2,3)9-14/h4-6H,7-8,15H2,1-3H3. The van der Waals surface area contributed by atoms with Crippen LogP contribution in [0.5, 0.6) is 5.75 Å². The highest BCUT2D eigenvalue weighted by Gasteiger charge is 2.16. The Balaban J connectivity index is 2.60. The maximum atomic E-state index is 8.87. The molecule has 0 aliphatic carbocycles. The molecule has 0 fully saturated rings. The van der Waals surface area contributed by atoms with Crippen molar-refractivity contribution in [2.75, 3.05) is 12.3 Å². The first-order chi connectivity index (χ1) is 7.46. The molecule has 0 unspecified atom stereocenters. The SMILES string of the molecule is Cc1cccc(N)c1OCCC(C)(C)C#N. The Morgan fingerprint density at radius 2 is 2.12 bits per heavy atom. The molecule has 0 aliphatic rings. The van der Waals surface area contributed by atoms with Gasteiger partial charge in [0.15, 0.2) is 0 Å². The minimum Gasteiger partial charge on any atom is -0.491 e. The molecule has 1 aromatic rings. The molecule has 0 aromatic heterocycles. The van der Waals surface area contributed by atoms with Gasteiger partial charge in [-0.1, -0.05) is 12.1 Å². The van der Waals surface area contributed by atoms with Gasteiger partial charge in [0.25, 0.3) is 0 Å². The second kappa shape index (κ2) is 4.89. The van der Waals surface area contributed by atoms with Crippen LogP contribution in [0.4, 0.5) is 5.69 Å². The van der Waals surface area contributed by atoms with E-state index in [-0.39, 0.29) is 5.41 Å². The van der Waals surface area contributed by atoms with E-state index in [0.717, 1.165) is 11.3 Å². The fourth-order valence-corrected chi connectivity index (χ4v) is 1.34. The maximum absolute atomic E-state index is 8.87. The molecule has 0 saturated heterocycles. The van der Waals surface area contributed by atoms with Crippen molar-refractivity contribution >= 4 is 5.69 Å². The van der Waals surface area contributed by atoms with Crippen molar-refractivity contribution in [2.24, 2.45) is 5.41 Å². The van der Waals surface area contributed by atoms with E-state index >= 15 is 0 Å². The molecule has 0 saturated carbocycles. The molecule has 0 bridgehead atoms. The summed E-state index contributed by atoms with van der Waals surface area (Å²) in [5.41, 5.74) is 7.13. The molecule has 0 amide bonds. The molecule has 0 spiro atoms. The fraction of sp³-hybridized carbons (Fsp3) is 0.462. The number of nitrogens with two attached hydrogens (primary N) is 1. The lowest BCUT2D eigenvalue weighted by molar-refractivity contribution is 0.264. The molecule has 86 valence electrons. The molecule has 0 radical (unpaired) electrons. The quantitative estimate of drug-likeness (QED) is 0.790. The predicted molar refractivity (Wildman–Crippen MR) is 65.1 cm³/mol. The van der Waals surface area contributed by atoms with Gasteiger partial charge in [-0.05, 0) is 38.8 Å². The molecule has 0 aliphatic heterocycles. The van der Waals surface area contributed by atoms with E-state index in [9.17, 15) is 0 Å². The Morgan fingerprint density at radius 3 is 2.69 bits per heavy atom. The van der Waals surface area contributed by atoms with Gasteiger partial charge >= 0.3 is 0 Å². The topological polar surface area (TPSA) is 59.0 Å². The van der Waals surface area contributed by atoms with Crippen LogP contribution in [0.2, 0.25) is 0 Å². The smallest absolute Gasteiger partial charge is 0.145 e. The van der Waals surface area contributed by atoms with Crippen molar-refractivity contribution < 1.29 is 4.74 Å². The fourth-order valence-electron chi connectivity index (χ4n) is 1.34. The van der Waals surface area contributed by atoms with E-state index in [1.807, 2.05) is 39.0 Å². The van der Waals surface area contributed by atoms with Crippen LogP contribution in [0, 0.1) is 23.7 Å². The Kier molecular flexibility index (Phi) is 3.78. The van der Waals surface area contributed by atoms with Gasteiger partial charge in [-0.25, -0.2) is 0 Å². The summed E-state index contributed by atoms with van der Waals surface area (Å²) in [6, 6.07) is 7.92. The highest BCUT2D eigenvalue weighted by atomic mass is 16.5. The van der Waals surface area contributed by atoms with Crippen molar-refractivity contribution in [3.05, 3.63) is 23.8 Å². The third-order valence-corrected chi connectivity index (χ3v) is 2.52. The lowest BCUT2D eigenvalue weighted by Gasteiger charge is -2.17. The normalized spacial score (nSPS) is 10.9. The van der Waals surface area contributed by atoms with E-state index in [2.05, 4.69) is 6.07 Å². The van der Waals surface area contributed by atoms with E-state index in [0.29, 0.717) is 18.7 Å². The molecule has 1 aromatic carbocycles. The van der Waals surface area contributed by atoms with E-state index in [1.54, 1.807) is 0 Å². The lowest BCUT2D eigenvalue weighted by atomic mass is 9.92. The maximum Gasteiger partial charge on any atom is 0.145 e. The van der Waals surface area contributed by atoms with Gasteiger partial charge < -0.3 is 10.5 Å². The second-order valence-corrected chi connectivity index (χ2v) is 4.59. The zero-order valence-corrected chi connectivity index (χ0v) is 10.1. The van der Waals surface area contributed by atoms with Gasteiger partial charge in [-0.2, -0.15) is 5.26 Å². The number of benzene rings is 1. The number of para-hydroxylation sites is 1. The Bertz CT molecular complexity index is 385. The number of aryl methyl sites for hydroxylation is 1. The van der Waals surface area contributed by atoms with Gasteiger partial charge in [0.1, 0.15) is 5.75 Å². The number of nitrogen functional groups attached to an aromatic ring is 1. The molecule has 2 N–H and O–H groups in total. The molecule has 3 nitrogen and oxygen atoms in total. The summed E-state index contributed by atoms with van der Waals surface area (Å²) in [7, 11) is 0. The van der Waals surface area contributed by atoms with Gasteiger partial charge in [-0.15, -0.1) is 0 Å². The summed E-state index contributed by atoms with van der Waals surface area (Å²) in [6.45, 7) is 6.27. The van der Waals surface area contributed by atoms with Crippen molar-refractivity contribution in [2.45, 2.75) is 27.2 Å². The largest absolute Gasteiger partial charge is 0.491 e. The summed E-state index contributed by atoms with van der Waals surface area (Å²) in [5, 5.41) is 8.87. The average molecular weight is 218 g/mol. The number of nitrogens with zero attached hydrogens (tertiary/aromatic N) is 1. The minimum atomic E-state index is -0.350. The van der Waals surface area contributed by atoms with Crippen LogP contribution in [0.15, 0.2) is 18.2 Å². The van der Waals surface area contributed by atoms with Crippen LogP contribution in [0.1, 0.15) is 25.8 Å². The molecule has 1 rings (SSSR count). The van der Waals surface area contributed by atoms with Gasteiger partial charge in [-0.3, -0.25) is 0 Å². The Morgan fingerprint density at radius 1 is 1.44 bits per heavy atom. The number of nitriles is 1. The van der Waals surface area contributed by atoms with Crippen LogP contribution in [-0.2, 0) is 0 Å². The summed E-state index contributed by atoms with van der Waals surface area (Å²) < 4.78 is 5.63. The van der Waals surface area contributed by atoms with E-state index < -0.39 is 0 Å². The van der Waals surface area contributed by atoms with Crippen LogP contribution in [0.25, 0.3) is 0 Å². The second-order valence-electron chi connectivity index (χ2n) is 4.59. The zero-order valence-electron chi connectivity index (χ0n) is 10.1. The van der Waals surface area contributed by atoms with Crippen molar-refractivity contribution in [1.82, 2.24) is 0 Å². The Labute approximate surface area is 96.8 Å². The zero-order chi connectivity index (χ0) is 12.2. The lowest BCUT2D eigenvalue weighted by Crippen LogP contribution is -2.13. The van der Waals surface area contributed by atoms with Gasteiger partial charge in [0, 0.05) is 0 Å². The third kappa shape index (κ3) is 3.16. The Hall–Kier alpha value is -1.69. The number of rotatable bonds is 4. The molecule has 0 heterocycles. The first kappa shape index (κ1) is 12.4. The predicted octanol–water partition coefficient (Wildman–Crippen LogP) is 2.90. The summed E-state index contributed by atoms with van der Waals surface area (Å²) in [6.07, 6.45) is 0.692. The van der Waals surface area contributed by atoms with Crippen LogP contribution < -0.4 is 10.5 Å². The molecule has 16 heavy (non-hydrogen) atoms. The molecular formula is C13H18N2O. The van der Waals surface area contributed by atoms with Crippen molar-refractivity contribution in [1.29, 1.82) is 5.26 Å². The highest BCUT2D eigenvalue weighted by Crippen LogP contribution is 2.27. The van der Waals surface area contributed by atoms with E-state index in [4.69, 9.17) is 15.7 Å². The number of ether oxygens (including phenoxy) is 1. The first-order valence-electron chi connectivity index (χ1n) is 5.35. The van der Waals surface area contributed by atoms with E-state index in [1.165, 1.54) is 0 Å². The number of hydrogen-bond acceptors (Lipinski definition) is 3. The molecule has 3 heteroatoms. The van der Waals surface area contributed by atoms with Crippen molar-refractivity contribution in [3.8, 4) is 11.8 Å². The minimum absolute atomic E-state index is 0.350. The van der Waals surface area contributed by atoms with Crippen LogP contribution in [-0.4, -0.2) is 6.61 Å². The van der Waals surface area contributed by atoms with Gasteiger partial charge in [0.2, 0.25) is 0 Å². The number of anilines is 1. The highest BCUT2D eigenvalue weighted by molar-refractivity contribution is 5.56. The monoisotopic (exact) mass is 218 g/mol.